The van der Waals surface area contributed by atoms with Crippen molar-refractivity contribution in [3.8, 4) is 11.1 Å². The number of pyridine rings is 1. The van der Waals surface area contributed by atoms with E-state index >= 15 is 0 Å². The van der Waals surface area contributed by atoms with E-state index in [4.69, 9.17) is 10.2 Å². The summed E-state index contributed by atoms with van der Waals surface area (Å²) >= 11 is 0. The number of carbonyl (C=O) groups is 1. The molecule has 38 heavy (non-hydrogen) atoms. The number of carboxylic acid groups (broad SMARTS) is 1. The van der Waals surface area contributed by atoms with Crippen LogP contribution in [0.5, 0.6) is 0 Å². The highest BCUT2D eigenvalue weighted by Crippen LogP contribution is 2.30. The highest BCUT2D eigenvalue weighted by atomic mass is 19.1. The van der Waals surface area contributed by atoms with E-state index in [0.29, 0.717) is 23.2 Å². The second-order valence-electron chi connectivity index (χ2n) is 8.94. The van der Waals surface area contributed by atoms with Crippen LogP contribution in [0.4, 0.5) is 8.78 Å². The summed E-state index contributed by atoms with van der Waals surface area (Å²) in [6, 6.07) is 13.1. The molecule has 0 unspecified atom stereocenters. The molecule has 206 valence electrons. The number of aliphatic hydroxyl groups is 4. The lowest BCUT2D eigenvalue weighted by Gasteiger charge is -2.26. The van der Waals surface area contributed by atoms with Gasteiger partial charge in [-0.3, -0.25) is 4.98 Å². The maximum Gasteiger partial charge on any atom is 0.337 e. The molecule has 3 rings (SSSR count). The third-order valence-corrected chi connectivity index (χ3v) is 6.15. The molecule has 6 N–H and O–H groups in total. The SMILES string of the molecule is CNC[C@H](C)[C@@H](O)[C@H](O)[C@H](O)CO.Cc1c(-c2ccccc2)cc(F)c(Cc2ncccc2C(=O)O)c1F. The molecule has 0 amide bonds. The van der Waals surface area contributed by atoms with E-state index in [9.17, 15) is 28.9 Å². The van der Waals surface area contributed by atoms with Crippen molar-refractivity contribution < 1.29 is 39.1 Å². The summed E-state index contributed by atoms with van der Waals surface area (Å²) < 4.78 is 29.4. The van der Waals surface area contributed by atoms with Gasteiger partial charge in [0.15, 0.2) is 0 Å². The number of aromatic nitrogens is 1. The van der Waals surface area contributed by atoms with Crippen molar-refractivity contribution in [3.63, 3.8) is 0 Å². The first kappa shape index (κ1) is 30.9. The fraction of sp³-hybridized carbons (Fsp3) is 0.357. The van der Waals surface area contributed by atoms with Gasteiger partial charge < -0.3 is 30.8 Å². The number of aromatic carboxylic acids is 1. The number of carboxylic acids is 1. The average Bonchev–Trinajstić information content (AvgIpc) is 2.92. The fourth-order valence-corrected chi connectivity index (χ4v) is 3.91. The molecule has 4 atom stereocenters. The van der Waals surface area contributed by atoms with E-state index < -0.39 is 42.5 Å². The minimum absolute atomic E-state index is 0.0638. The van der Waals surface area contributed by atoms with Crippen molar-refractivity contribution >= 4 is 5.97 Å². The lowest BCUT2D eigenvalue weighted by Crippen LogP contribution is -2.44. The van der Waals surface area contributed by atoms with E-state index in [0.717, 1.165) is 0 Å². The lowest BCUT2D eigenvalue weighted by atomic mass is 9.94. The number of hydrogen-bond donors (Lipinski definition) is 6. The van der Waals surface area contributed by atoms with Crippen molar-refractivity contribution in [1.82, 2.24) is 10.3 Å². The molecule has 0 saturated carbocycles. The second kappa shape index (κ2) is 14.6. The molecule has 0 saturated heterocycles. The molecule has 0 aliphatic rings. The Morgan fingerprint density at radius 2 is 1.71 bits per heavy atom. The van der Waals surface area contributed by atoms with Crippen LogP contribution in [0.2, 0.25) is 0 Å². The van der Waals surface area contributed by atoms with Crippen LogP contribution in [0.1, 0.15) is 34.1 Å². The summed E-state index contributed by atoms with van der Waals surface area (Å²) in [7, 11) is 1.73. The predicted octanol–water partition coefficient (Wildman–Crippen LogP) is 2.54. The van der Waals surface area contributed by atoms with Gasteiger partial charge in [-0.1, -0.05) is 37.3 Å². The number of nitrogens with one attached hydrogen (secondary N) is 1. The summed E-state index contributed by atoms with van der Waals surface area (Å²) in [6.07, 6.45) is -2.43. The highest BCUT2D eigenvalue weighted by molar-refractivity contribution is 5.88. The van der Waals surface area contributed by atoms with Crippen LogP contribution in [0.15, 0.2) is 54.7 Å². The zero-order chi connectivity index (χ0) is 28.4. The summed E-state index contributed by atoms with van der Waals surface area (Å²) in [4.78, 5) is 15.2. The summed E-state index contributed by atoms with van der Waals surface area (Å²) in [5, 5.41) is 48.4. The number of aliphatic hydroxyl groups excluding tert-OH is 4. The number of rotatable bonds is 10. The predicted molar refractivity (Wildman–Crippen MR) is 139 cm³/mol. The summed E-state index contributed by atoms with van der Waals surface area (Å²) in [5.74, 6) is -2.76. The fourth-order valence-electron chi connectivity index (χ4n) is 3.91. The van der Waals surface area contributed by atoms with E-state index in [1.165, 1.54) is 24.4 Å². The Bertz CT molecular complexity index is 1200. The van der Waals surface area contributed by atoms with Crippen LogP contribution in [0.25, 0.3) is 11.1 Å². The van der Waals surface area contributed by atoms with Gasteiger partial charge >= 0.3 is 5.97 Å². The smallest absolute Gasteiger partial charge is 0.337 e. The maximum atomic E-state index is 14.8. The van der Waals surface area contributed by atoms with E-state index in [1.54, 1.807) is 45.2 Å². The first-order valence-electron chi connectivity index (χ1n) is 12.0. The van der Waals surface area contributed by atoms with Crippen molar-refractivity contribution in [2.45, 2.75) is 38.6 Å². The molecule has 8 nitrogen and oxygen atoms in total. The molecule has 1 heterocycles. The van der Waals surface area contributed by atoms with Gasteiger partial charge in [0.1, 0.15) is 23.8 Å². The Hall–Kier alpha value is -3.28. The van der Waals surface area contributed by atoms with E-state index in [-0.39, 0.29) is 29.2 Å². The number of hydrogen-bond acceptors (Lipinski definition) is 7. The van der Waals surface area contributed by atoms with Crippen molar-refractivity contribution in [1.29, 1.82) is 0 Å². The molecule has 3 aromatic rings. The van der Waals surface area contributed by atoms with Crippen LogP contribution in [0, 0.1) is 24.5 Å². The Morgan fingerprint density at radius 1 is 1.05 bits per heavy atom. The summed E-state index contributed by atoms with van der Waals surface area (Å²) in [5.41, 5.74) is 1.38. The summed E-state index contributed by atoms with van der Waals surface area (Å²) in [6.45, 7) is 3.31. The lowest BCUT2D eigenvalue weighted by molar-refractivity contribution is -0.0917. The number of nitrogens with zero attached hydrogens (tertiary/aromatic N) is 1. The molecule has 0 fully saturated rings. The van der Waals surface area contributed by atoms with Gasteiger partial charge in [-0.05, 0) is 61.3 Å². The van der Waals surface area contributed by atoms with Crippen LogP contribution in [0.3, 0.4) is 0 Å². The quantitative estimate of drug-likeness (QED) is 0.234. The number of halogens is 2. The molecule has 0 bridgehead atoms. The Labute approximate surface area is 220 Å². The first-order valence-corrected chi connectivity index (χ1v) is 12.0. The molecule has 0 radical (unpaired) electrons. The number of benzene rings is 2. The molecule has 0 aliphatic carbocycles. The zero-order valence-electron chi connectivity index (χ0n) is 21.5. The van der Waals surface area contributed by atoms with E-state index in [1.807, 2.05) is 6.07 Å². The molecular weight excluding hydrogens is 498 g/mol. The van der Waals surface area contributed by atoms with Gasteiger partial charge in [0.25, 0.3) is 0 Å². The molecule has 0 spiro atoms. The Kier molecular flexibility index (Phi) is 11.9. The Morgan fingerprint density at radius 3 is 2.29 bits per heavy atom. The second-order valence-corrected chi connectivity index (χ2v) is 8.94. The van der Waals surface area contributed by atoms with Crippen molar-refractivity contribution in [2.24, 2.45) is 5.92 Å². The van der Waals surface area contributed by atoms with Crippen molar-refractivity contribution in [2.75, 3.05) is 20.2 Å². The molecule has 1 aromatic heterocycles. The van der Waals surface area contributed by atoms with Crippen LogP contribution in [-0.4, -0.2) is 75.0 Å². The minimum atomic E-state index is -1.30. The Balaban J connectivity index is 0.000000332. The topological polar surface area (TPSA) is 143 Å². The van der Waals surface area contributed by atoms with Crippen LogP contribution >= 0.6 is 0 Å². The van der Waals surface area contributed by atoms with Crippen LogP contribution < -0.4 is 5.32 Å². The van der Waals surface area contributed by atoms with Gasteiger partial charge in [0, 0.05) is 18.2 Å². The molecular formula is C28H34F2N2O6. The molecule has 10 heteroatoms. The van der Waals surface area contributed by atoms with Crippen LogP contribution in [-0.2, 0) is 6.42 Å². The van der Waals surface area contributed by atoms with Gasteiger partial charge in [0.2, 0.25) is 0 Å². The maximum absolute atomic E-state index is 14.8. The van der Waals surface area contributed by atoms with Crippen molar-refractivity contribution in [3.05, 3.63) is 88.7 Å². The van der Waals surface area contributed by atoms with Gasteiger partial charge in [0.05, 0.1) is 24.0 Å². The molecule has 0 aliphatic heterocycles. The highest BCUT2D eigenvalue weighted by Gasteiger charge is 2.28. The minimum Gasteiger partial charge on any atom is -0.478 e. The zero-order valence-corrected chi connectivity index (χ0v) is 21.5. The molecule has 2 aromatic carbocycles. The van der Waals surface area contributed by atoms with Gasteiger partial charge in [-0.2, -0.15) is 0 Å². The third-order valence-electron chi connectivity index (χ3n) is 6.15. The third kappa shape index (κ3) is 7.86. The monoisotopic (exact) mass is 532 g/mol. The standard InChI is InChI=1S/C20H15F2NO2.C8H19NO4/c1-12-15(13-6-3-2-4-7-13)10-17(21)16(19(12)22)11-18-14(20(24)25)8-5-9-23-18;1-5(3-9-2)7(12)8(13)6(11)4-10/h2-10H,11H2,1H3,(H,24,25);5-13H,3-4H2,1-2H3/t;5-,6+,7+,8+/m.0/s1. The largest absolute Gasteiger partial charge is 0.478 e. The van der Waals surface area contributed by atoms with Gasteiger partial charge in [-0.15, -0.1) is 0 Å². The van der Waals surface area contributed by atoms with Gasteiger partial charge in [-0.25, -0.2) is 13.6 Å². The average molecular weight is 533 g/mol. The van der Waals surface area contributed by atoms with E-state index in [2.05, 4.69) is 10.3 Å². The normalized spacial score (nSPS) is 14.1. The first-order chi connectivity index (χ1) is 18.0.